The maximum atomic E-state index is 10.7. The van der Waals surface area contributed by atoms with Gasteiger partial charge in [0.2, 0.25) is 5.75 Å². The van der Waals surface area contributed by atoms with Gasteiger partial charge in [0.25, 0.3) is 0 Å². The maximum absolute atomic E-state index is 10.7. The van der Waals surface area contributed by atoms with Crippen molar-refractivity contribution in [3.8, 4) is 11.5 Å². The van der Waals surface area contributed by atoms with Gasteiger partial charge in [0, 0.05) is 0 Å². The minimum absolute atomic E-state index is 0.144. The Morgan fingerprint density at radius 1 is 1.15 bits per heavy atom. The summed E-state index contributed by atoms with van der Waals surface area (Å²) in [4.78, 5) is 13.8. The average Bonchev–Trinajstić information content (AvgIpc) is 2.46. The summed E-state index contributed by atoms with van der Waals surface area (Å²) in [7, 11) is 0. The summed E-state index contributed by atoms with van der Waals surface area (Å²) < 4.78 is 10.8. The third-order valence-electron chi connectivity index (χ3n) is 2.55. The van der Waals surface area contributed by atoms with Crippen LogP contribution in [0.1, 0.15) is 5.56 Å². The lowest BCUT2D eigenvalue weighted by Crippen LogP contribution is -2.10. The van der Waals surface area contributed by atoms with Gasteiger partial charge in [-0.15, -0.1) is 0 Å². The number of ether oxygens (including phenoxy) is 2. The molecule has 0 aliphatic carbocycles. The third kappa shape index (κ3) is 3.68. The zero-order valence-corrected chi connectivity index (χ0v) is 11.0. The summed E-state index contributed by atoms with van der Waals surface area (Å²) in [6, 6.07) is 10.7. The lowest BCUT2D eigenvalue weighted by molar-refractivity contribution is -0.390. The Labute approximate surface area is 116 Å². The predicted octanol–water partition coefficient (Wildman–Crippen LogP) is 2.76. The van der Waals surface area contributed by atoms with Crippen molar-refractivity contribution >= 4 is 5.82 Å². The molecule has 0 unspecified atom stereocenters. The summed E-state index contributed by atoms with van der Waals surface area (Å²) in [6.07, 6.45) is 1.35. The van der Waals surface area contributed by atoms with E-state index < -0.39 is 4.92 Å². The van der Waals surface area contributed by atoms with Gasteiger partial charge in [-0.1, -0.05) is 17.7 Å². The lowest BCUT2D eigenvalue weighted by atomic mass is 10.2. The van der Waals surface area contributed by atoms with Gasteiger partial charge in [0.05, 0.1) is 0 Å². The zero-order valence-electron chi connectivity index (χ0n) is 11.0. The largest absolute Gasteiger partial charge is 0.490 e. The van der Waals surface area contributed by atoms with E-state index in [9.17, 15) is 10.1 Å². The molecule has 0 spiro atoms. The minimum atomic E-state index is -0.573. The van der Waals surface area contributed by atoms with Gasteiger partial charge in [-0.3, -0.25) is 0 Å². The first-order chi connectivity index (χ1) is 9.66. The van der Waals surface area contributed by atoms with E-state index in [1.807, 2.05) is 31.2 Å². The van der Waals surface area contributed by atoms with Gasteiger partial charge >= 0.3 is 5.82 Å². The molecule has 0 amide bonds. The number of benzene rings is 1. The van der Waals surface area contributed by atoms with Crippen molar-refractivity contribution in [2.45, 2.75) is 6.92 Å². The van der Waals surface area contributed by atoms with Crippen LogP contribution in [0.4, 0.5) is 5.82 Å². The van der Waals surface area contributed by atoms with Crippen LogP contribution in [0.15, 0.2) is 42.6 Å². The number of nitro groups is 1. The molecule has 0 saturated heterocycles. The number of pyridine rings is 1. The van der Waals surface area contributed by atoms with Crippen molar-refractivity contribution in [1.29, 1.82) is 0 Å². The molecule has 0 aliphatic heterocycles. The fourth-order valence-electron chi connectivity index (χ4n) is 1.58. The number of hydrogen-bond acceptors (Lipinski definition) is 5. The standard InChI is InChI=1S/C14H14N2O4/c1-11-4-6-12(7-5-11)19-9-10-20-13-3-2-8-15-14(13)16(17)18/h2-8H,9-10H2,1H3. The Kier molecular flexibility index (Phi) is 4.49. The van der Waals surface area contributed by atoms with E-state index in [4.69, 9.17) is 9.47 Å². The normalized spacial score (nSPS) is 10.1. The molecule has 0 saturated carbocycles. The van der Waals surface area contributed by atoms with Crippen molar-refractivity contribution < 1.29 is 14.4 Å². The Morgan fingerprint density at radius 2 is 1.85 bits per heavy atom. The SMILES string of the molecule is Cc1ccc(OCCOc2cccnc2[N+](=O)[O-])cc1. The van der Waals surface area contributed by atoms with Gasteiger partial charge < -0.3 is 19.6 Å². The lowest BCUT2D eigenvalue weighted by Gasteiger charge is -2.08. The van der Waals surface area contributed by atoms with Crippen molar-refractivity contribution in [1.82, 2.24) is 4.98 Å². The molecule has 2 rings (SSSR count). The van der Waals surface area contributed by atoms with E-state index >= 15 is 0 Å². The summed E-state index contributed by atoms with van der Waals surface area (Å²) in [5.41, 5.74) is 1.15. The molecule has 1 heterocycles. The first-order valence-corrected chi connectivity index (χ1v) is 6.08. The third-order valence-corrected chi connectivity index (χ3v) is 2.55. The Morgan fingerprint density at radius 3 is 2.55 bits per heavy atom. The molecular formula is C14H14N2O4. The second-order valence-electron chi connectivity index (χ2n) is 4.09. The molecule has 0 fully saturated rings. The summed E-state index contributed by atoms with van der Waals surface area (Å²) in [6.45, 7) is 2.50. The summed E-state index contributed by atoms with van der Waals surface area (Å²) in [5.74, 6) is 0.590. The van der Waals surface area contributed by atoms with Crippen LogP contribution in [-0.2, 0) is 0 Å². The second kappa shape index (κ2) is 6.51. The van der Waals surface area contributed by atoms with E-state index in [1.54, 1.807) is 6.07 Å². The fraction of sp³-hybridized carbons (Fsp3) is 0.214. The molecule has 6 nitrogen and oxygen atoms in total. The summed E-state index contributed by atoms with van der Waals surface area (Å²) >= 11 is 0. The van der Waals surface area contributed by atoms with Crippen LogP contribution in [0.3, 0.4) is 0 Å². The average molecular weight is 274 g/mol. The van der Waals surface area contributed by atoms with Crippen LogP contribution in [0.5, 0.6) is 11.5 Å². The Hall–Kier alpha value is -2.63. The van der Waals surface area contributed by atoms with Gasteiger partial charge in [-0.25, -0.2) is 0 Å². The van der Waals surface area contributed by atoms with E-state index in [-0.39, 0.29) is 18.2 Å². The van der Waals surface area contributed by atoms with E-state index in [1.165, 1.54) is 12.3 Å². The highest BCUT2D eigenvalue weighted by molar-refractivity contribution is 5.38. The molecule has 1 aromatic carbocycles. The molecule has 104 valence electrons. The first kappa shape index (κ1) is 13.8. The maximum Gasteiger partial charge on any atom is 0.406 e. The van der Waals surface area contributed by atoms with Crippen LogP contribution in [0.25, 0.3) is 0 Å². The molecule has 0 aliphatic rings. The van der Waals surface area contributed by atoms with Crippen LogP contribution >= 0.6 is 0 Å². The number of nitrogens with zero attached hydrogens (tertiary/aromatic N) is 2. The summed E-state index contributed by atoms with van der Waals surface area (Å²) in [5, 5.41) is 10.7. The molecule has 0 bridgehead atoms. The number of aromatic nitrogens is 1. The Balaban J connectivity index is 1.84. The fourth-order valence-corrected chi connectivity index (χ4v) is 1.58. The molecular weight excluding hydrogens is 260 g/mol. The second-order valence-corrected chi connectivity index (χ2v) is 4.09. The van der Waals surface area contributed by atoms with Crippen LogP contribution < -0.4 is 9.47 Å². The van der Waals surface area contributed by atoms with Crippen molar-refractivity contribution in [3.63, 3.8) is 0 Å². The van der Waals surface area contributed by atoms with Gasteiger partial charge in [0.1, 0.15) is 25.2 Å². The Bertz CT molecular complexity index is 584. The molecule has 20 heavy (non-hydrogen) atoms. The first-order valence-electron chi connectivity index (χ1n) is 6.08. The predicted molar refractivity (Wildman–Crippen MR) is 73.1 cm³/mol. The van der Waals surface area contributed by atoms with Crippen molar-refractivity contribution in [2.75, 3.05) is 13.2 Å². The number of rotatable bonds is 6. The van der Waals surface area contributed by atoms with Crippen LogP contribution in [-0.4, -0.2) is 23.1 Å². The van der Waals surface area contributed by atoms with Crippen LogP contribution in [0, 0.1) is 17.0 Å². The van der Waals surface area contributed by atoms with Crippen molar-refractivity contribution in [3.05, 3.63) is 58.3 Å². The van der Waals surface area contributed by atoms with E-state index in [2.05, 4.69) is 4.98 Å². The zero-order chi connectivity index (χ0) is 14.4. The van der Waals surface area contributed by atoms with E-state index in [0.29, 0.717) is 6.61 Å². The molecule has 6 heteroatoms. The molecule has 2 aromatic rings. The highest BCUT2D eigenvalue weighted by Crippen LogP contribution is 2.22. The van der Waals surface area contributed by atoms with Gasteiger partial charge in [0.15, 0.2) is 0 Å². The van der Waals surface area contributed by atoms with Gasteiger partial charge in [-0.05, 0) is 41.1 Å². The smallest absolute Gasteiger partial charge is 0.406 e. The number of aryl methyl sites for hydroxylation is 1. The molecule has 0 radical (unpaired) electrons. The highest BCUT2D eigenvalue weighted by atomic mass is 16.6. The van der Waals surface area contributed by atoms with E-state index in [0.717, 1.165) is 11.3 Å². The molecule has 0 atom stereocenters. The quantitative estimate of drug-likeness (QED) is 0.460. The van der Waals surface area contributed by atoms with Gasteiger partial charge in [-0.2, -0.15) is 0 Å². The number of hydrogen-bond donors (Lipinski definition) is 0. The minimum Gasteiger partial charge on any atom is -0.490 e. The topological polar surface area (TPSA) is 74.5 Å². The molecule has 1 aromatic heterocycles. The van der Waals surface area contributed by atoms with Crippen molar-refractivity contribution in [2.24, 2.45) is 0 Å². The highest BCUT2D eigenvalue weighted by Gasteiger charge is 2.15. The monoisotopic (exact) mass is 274 g/mol. The van der Waals surface area contributed by atoms with Crippen LogP contribution in [0.2, 0.25) is 0 Å². The molecule has 0 N–H and O–H groups in total.